The molecule has 4 aliphatic heterocycles. The number of ether oxygens (including phenoxy) is 4. The average Bonchev–Trinajstić information content (AvgIpc) is 3.17. The molecule has 0 fully saturated rings. The molecule has 0 saturated heterocycles. The Balaban J connectivity index is 1.40. The molecule has 6 rings (SSSR count). The van der Waals surface area contributed by atoms with E-state index < -0.39 is 6.29 Å². The van der Waals surface area contributed by atoms with Gasteiger partial charge in [0.15, 0.2) is 23.0 Å². The summed E-state index contributed by atoms with van der Waals surface area (Å²) < 4.78 is 47.0. The van der Waals surface area contributed by atoms with Crippen molar-refractivity contribution >= 4 is 0 Å². The molecule has 7 heteroatoms. The zero-order chi connectivity index (χ0) is 17.5. The van der Waals surface area contributed by atoms with Crippen LogP contribution in [-0.2, 0) is 19.4 Å². The number of hydrogen-bond acceptors (Lipinski definition) is 5. The molecule has 0 saturated carbocycles. The van der Waals surface area contributed by atoms with Gasteiger partial charge in [0.25, 0.3) is 0 Å². The minimum Gasteiger partial charge on any atom is -0.454 e. The summed E-state index contributed by atoms with van der Waals surface area (Å²) in [6, 6.07) is 7.73. The Bertz CT molecular complexity index is 946. The highest BCUT2D eigenvalue weighted by molar-refractivity contribution is 5.54. The molecule has 2 aromatic carbocycles. The van der Waals surface area contributed by atoms with Crippen molar-refractivity contribution in [1.29, 1.82) is 0 Å². The van der Waals surface area contributed by atoms with Crippen LogP contribution in [0.25, 0.3) is 0 Å². The Labute approximate surface area is 148 Å². The number of rotatable bonds is 0. The molecular weight excluding hydrogens is 344 g/mol. The van der Waals surface area contributed by atoms with Gasteiger partial charge in [-0.15, -0.1) is 8.78 Å². The Hall–Kier alpha value is -2.54. The molecular formula is C19H15F2NO4. The van der Waals surface area contributed by atoms with Crippen LogP contribution in [0.1, 0.15) is 28.3 Å². The Morgan fingerprint density at radius 2 is 1.58 bits per heavy atom. The number of fused-ring (bicyclic) bond motifs is 6. The highest BCUT2D eigenvalue weighted by Crippen LogP contribution is 2.47. The maximum absolute atomic E-state index is 13.4. The molecule has 1 unspecified atom stereocenters. The lowest BCUT2D eigenvalue weighted by Crippen LogP contribution is -2.39. The molecule has 4 aliphatic rings. The molecule has 0 aliphatic carbocycles. The molecule has 5 nitrogen and oxygen atoms in total. The first-order valence-electron chi connectivity index (χ1n) is 8.64. The summed E-state index contributed by atoms with van der Waals surface area (Å²) in [6.07, 6.45) is -1.91. The zero-order valence-electron chi connectivity index (χ0n) is 13.8. The van der Waals surface area contributed by atoms with Crippen LogP contribution >= 0.6 is 0 Å². The number of nitrogens with zero attached hydrogens (tertiary/aromatic N) is 1. The van der Waals surface area contributed by atoms with E-state index in [4.69, 9.17) is 9.47 Å². The maximum atomic E-state index is 13.4. The minimum atomic E-state index is -3.58. The summed E-state index contributed by atoms with van der Waals surface area (Å²) in [5, 5.41) is 0. The number of hydrogen-bond donors (Lipinski definition) is 0. The lowest BCUT2D eigenvalue weighted by Gasteiger charge is -2.41. The normalized spacial score (nSPS) is 24.0. The fourth-order valence-corrected chi connectivity index (χ4v) is 4.42. The standard InChI is InChI=1S/C19H15F2NO4/c20-19(21)25-17-5-11-3-14-13-7-16-15(23-9-24-16)4-10(13)1-2-22(14)8-12(11)6-18(17)26-19/h4-7,14H,1-3,8-9H2. The van der Waals surface area contributed by atoms with E-state index in [-0.39, 0.29) is 24.3 Å². The summed E-state index contributed by atoms with van der Waals surface area (Å²) in [6.45, 7) is 1.88. The van der Waals surface area contributed by atoms with E-state index in [1.54, 1.807) is 12.1 Å². The highest BCUT2D eigenvalue weighted by Gasteiger charge is 2.44. The van der Waals surface area contributed by atoms with Gasteiger partial charge in [0.05, 0.1) is 0 Å². The van der Waals surface area contributed by atoms with Crippen LogP contribution in [0.15, 0.2) is 24.3 Å². The molecule has 0 bridgehead atoms. The third kappa shape index (κ3) is 2.03. The van der Waals surface area contributed by atoms with E-state index in [0.29, 0.717) is 6.54 Å². The Kier molecular flexibility index (Phi) is 2.69. The van der Waals surface area contributed by atoms with Crippen molar-refractivity contribution in [2.24, 2.45) is 0 Å². The first-order valence-corrected chi connectivity index (χ1v) is 8.64. The Morgan fingerprint density at radius 1 is 0.885 bits per heavy atom. The lowest BCUT2D eigenvalue weighted by molar-refractivity contribution is -0.286. The van der Waals surface area contributed by atoms with Gasteiger partial charge in [0, 0.05) is 19.1 Å². The number of alkyl halides is 2. The molecule has 134 valence electrons. The van der Waals surface area contributed by atoms with Crippen LogP contribution in [0.2, 0.25) is 0 Å². The predicted octanol–water partition coefficient (Wildman–Crippen LogP) is 3.39. The van der Waals surface area contributed by atoms with Crippen LogP contribution in [0, 0.1) is 0 Å². The SMILES string of the molecule is FC1(F)Oc2cc3c(cc2O1)CN1CCc2cc4c(cc2C1C3)OCO4. The fourth-order valence-electron chi connectivity index (χ4n) is 4.42. The monoisotopic (exact) mass is 359 g/mol. The highest BCUT2D eigenvalue weighted by atomic mass is 19.3. The molecule has 0 spiro atoms. The molecule has 2 aromatic rings. The second-order valence-electron chi connectivity index (χ2n) is 7.08. The van der Waals surface area contributed by atoms with Gasteiger partial charge >= 0.3 is 6.29 Å². The van der Waals surface area contributed by atoms with Crippen LogP contribution in [0.3, 0.4) is 0 Å². The molecule has 0 aromatic heterocycles. The summed E-state index contributed by atoms with van der Waals surface area (Å²) in [7, 11) is 0. The second-order valence-corrected chi connectivity index (χ2v) is 7.08. The van der Waals surface area contributed by atoms with Gasteiger partial charge in [-0.05, 0) is 59.4 Å². The van der Waals surface area contributed by atoms with Crippen molar-refractivity contribution in [3.63, 3.8) is 0 Å². The van der Waals surface area contributed by atoms with E-state index in [0.717, 1.165) is 42.0 Å². The van der Waals surface area contributed by atoms with Gasteiger partial charge in [0.2, 0.25) is 6.79 Å². The fraction of sp³-hybridized carbons (Fsp3) is 0.368. The molecule has 26 heavy (non-hydrogen) atoms. The van der Waals surface area contributed by atoms with Gasteiger partial charge in [-0.2, -0.15) is 0 Å². The van der Waals surface area contributed by atoms with Crippen molar-refractivity contribution in [1.82, 2.24) is 4.90 Å². The van der Waals surface area contributed by atoms with Gasteiger partial charge in [0.1, 0.15) is 0 Å². The quantitative estimate of drug-likeness (QED) is 0.721. The third-order valence-electron chi connectivity index (χ3n) is 5.61. The van der Waals surface area contributed by atoms with Crippen molar-refractivity contribution < 1.29 is 27.7 Å². The summed E-state index contributed by atoms with van der Waals surface area (Å²) in [5.41, 5.74) is 4.54. The summed E-state index contributed by atoms with van der Waals surface area (Å²) >= 11 is 0. The van der Waals surface area contributed by atoms with Gasteiger partial charge in [-0.3, -0.25) is 4.90 Å². The Morgan fingerprint density at radius 3 is 2.38 bits per heavy atom. The number of benzene rings is 2. The van der Waals surface area contributed by atoms with Crippen LogP contribution < -0.4 is 18.9 Å². The maximum Gasteiger partial charge on any atom is 0.586 e. The van der Waals surface area contributed by atoms with Crippen molar-refractivity contribution in [2.45, 2.75) is 31.7 Å². The van der Waals surface area contributed by atoms with E-state index >= 15 is 0 Å². The summed E-state index contributed by atoms with van der Waals surface area (Å²) in [4.78, 5) is 2.38. The predicted molar refractivity (Wildman–Crippen MR) is 85.8 cm³/mol. The van der Waals surface area contributed by atoms with Crippen LogP contribution in [-0.4, -0.2) is 24.5 Å². The largest absolute Gasteiger partial charge is 0.586 e. The van der Waals surface area contributed by atoms with Crippen LogP contribution in [0.4, 0.5) is 8.78 Å². The molecule has 4 heterocycles. The topological polar surface area (TPSA) is 40.2 Å². The lowest BCUT2D eigenvalue weighted by atomic mass is 9.83. The first-order chi connectivity index (χ1) is 12.6. The minimum absolute atomic E-state index is 0.115. The van der Waals surface area contributed by atoms with Crippen molar-refractivity contribution in [3.8, 4) is 23.0 Å². The van der Waals surface area contributed by atoms with E-state index in [1.165, 1.54) is 11.1 Å². The van der Waals surface area contributed by atoms with E-state index in [9.17, 15) is 8.78 Å². The van der Waals surface area contributed by atoms with Gasteiger partial charge in [-0.25, -0.2) is 0 Å². The average molecular weight is 359 g/mol. The van der Waals surface area contributed by atoms with E-state index in [1.807, 2.05) is 0 Å². The van der Waals surface area contributed by atoms with Crippen molar-refractivity contribution in [2.75, 3.05) is 13.3 Å². The van der Waals surface area contributed by atoms with Crippen LogP contribution in [0.5, 0.6) is 23.0 Å². The van der Waals surface area contributed by atoms with Gasteiger partial charge in [-0.1, -0.05) is 0 Å². The first kappa shape index (κ1) is 14.6. The smallest absolute Gasteiger partial charge is 0.454 e. The van der Waals surface area contributed by atoms with E-state index in [2.05, 4.69) is 26.5 Å². The second kappa shape index (κ2) is 4.79. The molecule has 0 amide bonds. The third-order valence-corrected chi connectivity index (χ3v) is 5.61. The van der Waals surface area contributed by atoms with Gasteiger partial charge < -0.3 is 18.9 Å². The summed E-state index contributed by atoms with van der Waals surface area (Å²) in [5.74, 6) is 1.82. The molecule has 0 radical (unpaired) electrons. The van der Waals surface area contributed by atoms with Crippen molar-refractivity contribution in [3.05, 3.63) is 46.5 Å². The zero-order valence-corrected chi connectivity index (χ0v) is 13.8. The number of halogens is 2. The molecule has 0 N–H and O–H groups in total. The molecule has 1 atom stereocenters.